The average Bonchev–Trinajstić information content (AvgIpc) is 3.70. The Labute approximate surface area is 227 Å². The molecule has 0 fully saturated rings. The Morgan fingerprint density at radius 3 is 2.54 bits per heavy atom. The number of allylic oxidation sites excluding steroid dienone is 1. The highest BCUT2D eigenvalue weighted by Crippen LogP contribution is 2.51. The van der Waals surface area contributed by atoms with Gasteiger partial charge in [0.25, 0.3) is 0 Å². The summed E-state index contributed by atoms with van der Waals surface area (Å²) in [5.74, 6) is 0.426. The van der Waals surface area contributed by atoms with E-state index in [9.17, 15) is 0 Å². The van der Waals surface area contributed by atoms with Crippen LogP contribution in [0.2, 0.25) is 0 Å². The van der Waals surface area contributed by atoms with Gasteiger partial charge < -0.3 is 4.42 Å². The lowest BCUT2D eigenvalue weighted by molar-refractivity contribution is -0.955. The van der Waals surface area contributed by atoms with Gasteiger partial charge >= 0.3 is 5.66 Å². The Balaban J connectivity index is 1.50. The molecule has 1 atom stereocenters. The molecule has 1 aliphatic carbocycles. The Morgan fingerprint density at radius 1 is 0.821 bits per heavy atom. The molecule has 2 aliphatic heterocycles. The van der Waals surface area contributed by atoms with Crippen molar-refractivity contribution < 1.29 is 13.6 Å². The van der Waals surface area contributed by atoms with Crippen LogP contribution in [0.25, 0.3) is 50.5 Å². The largest absolute Gasteiger partial charge is 0.454 e. The number of hydrogen-bond donors (Lipinski definition) is 0. The van der Waals surface area contributed by atoms with Crippen LogP contribution >= 0.6 is 0 Å². The number of fused-ring (bicyclic) bond motifs is 16. The van der Waals surface area contributed by atoms with Crippen molar-refractivity contribution in [2.45, 2.75) is 38.8 Å². The van der Waals surface area contributed by atoms with Gasteiger partial charge in [-0.25, -0.2) is 0 Å². The van der Waals surface area contributed by atoms with Crippen LogP contribution in [0.1, 0.15) is 53.1 Å². The number of hydrogen-bond acceptors (Lipinski definition) is 1. The van der Waals surface area contributed by atoms with Crippen LogP contribution in [0.5, 0.6) is 0 Å². The fourth-order valence-corrected chi connectivity index (χ4v) is 7.66. The van der Waals surface area contributed by atoms with E-state index in [1.165, 1.54) is 66.7 Å². The Hall–Kier alpha value is -4.50. The quantitative estimate of drug-likeness (QED) is 0.213. The van der Waals surface area contributed by atoms with Gasteiger partial charge in [-0.2, -0.15) is 0 Å². The molecule has 3 aromatic carbocycles. The molecule has 3 heteroatoms. The number of nitrogens with zero attached hydrogens (tertiary/aromatic N) is 2. The van der Waals surface area contributed by atoms with E-state index in [2.05, 4.69) is 127 Å². The van der Waals surface area contributed by atoms with Gasteiger partial charge in [0.05, 0.1) is 5.56 Å². The third-order valence-electron chi connectivity index (χ3n) is 9.28. The molecule has 0 saturated heterocycles. The second kappa shape index (κ2) is 7.12. The maximum absolute atomic E-state index is 6.93. The highest BCUT2D eigenvalue weighted by Gasteiger charge is 2.67. The topological polar surface area (TPSA) is 20.9 Å². The first kappa shape index (κ1) is 21.4. The van der Waals surface area contributed by atoms with Crippen LogP contribution in [0.15, 0.2) is 95.7 Å². The van der Waals surface area contributed by atoms with Crippen molar-refractivity contribution in [3.05, 3.63) is 125 Å². The molecule has 9 rings (SSSR count). The first-order valence-electron chi connectivity index (χ1n) is 13.9. The van der Waals surface area contributed by atoms with E-state index in [4.69, 9.17) is 4.42 Å². The smallest absolute Gasteiger partial charge is 0.417 e. The van der Waals surface area contributed by atoms with E-state index < -0.39 is 5.66 Å². The summed E-state index contributed by atoms with van der Waals surface area (Å²) in [4.78, 5) is 0. The lowest BCUT2D eigenvalue weighted by Crippen LogP contribution is -2.71. The van der Waals surface area contributed by atoms with Gasteiger partial charge in [-0.1, -0.05) is 50.3 Å². The van der Waals surface area contributed by atoms with Gasteiger partial charge in [0.2, 0.25) is 11.4 Å². The molecule has 5 heterocycles. The van der Waals surface area contributed by atoms with E-state index in [-0.39, 0.29) is 0 Å². The number of aryl methyl sites for hydroxylation is 1. The molecule has 39 heavy (non-hydrogen) atoms. The predicted octanol–water partition coefficient (Wildman–Crippen LogP) is 7.42. The maximum atomic E-state index is 6.93. The second-order valence-corrected chi connectivity index (χ2v) is 11.6. The first-order chi connectivity index (χ1) is 19.1. The summed E-state index contributed by atoms with van der Waals surface area (Å²) in [6.07, 6.45) is 10.1. The van der Waals surface area contributed by atoms with Crippen molar-refractivity contribution in [2.75, 3.05) is 0 Å². The zero-order valence-electron chi connectivity index (χ0n) is 22.3. The van der Waals surface area contributed by atoms with Gasteiger partial charge in [0.1, 0.15) is 27.9 Å². The fraction of sp³-hybridized carbons (Fsp3) is 0.167. The molecule has 0 N–H and O–H groups in total. The molecule has 0 saturated carbocycles. The van der Waals surface area contributed by atoms with Gasteiger partial charge in [-0.15, -0.1) is 9.13 Å². The van der Waals surface area contributed by atoms with Crippen molar-refractivity contribution in [2.24, 2.45) is 0 Å². The molecule has 3 nitrogen and oxygen atoms in total. The number of benzene rings is 3. The van der Waals surface area contributed by atoms with Crippen molar-refractivity contribution in [1.82, 2.24) is 0 Å². The van der Waals surface area contributed by atoms with Gasteiger partial charge in [-0.05, 0) is 60.7 Å². The average molecular weight is 505 g/mol. The van der Waals surface area contributed by atoms with Crippen LogP contribution in [0.4, 0.5) is 0 Å². The molecule has 1 spiro atoms. The van der Waals surface area contributed by atoms with E-state index >= 15 is 0 Å². The third-order valence-corrected chi connectivity index (χ3v) is 9.28. The molecule has 0 radical (unpaired) electrons. The van der Waals surface area contributed by atoms with Gasteiger partial charge in [0, 0.05) is 40.1 Å². The Bertz CT molecular complexity index is 2050. The fourth-order valence-electron chi connectivity index (χ4n) is 7.66. The molecular weight excluding hydrogens is 476 g/mol. The Kier molecular flexibility index (Phi) is 3.91. The summed E-state index contributed by atoms with van der Waals surface area (Å²) >= 11 is 0. The molecule has 1 unspecified atom stereocenters. The minimum Gasteiger partial charge on any atom is -0.454 e. The minimum absolute atomic E-state index is 0.426. The highest BCUT2D eigenvalue weighted by molar-refractivity contribution is 6.12. The first-order valence-corrected chi connectivity index (χ1v) is 13.9. The normalized spacial score (nSPS) is 17.7. The van der Waals surface area contributed by atoms with Crippen LogP contribution in [0.3, 0.4) is 0 Å². The summed E-state index contributed by atoms with van der Waals surface area (Å²) in [5.41, 5.74) is 14.3. The van der Waals surface area contributed by atoms with Crippen molar-refractivity contribution in [3.8, 4) is 22.5 Å². The molecule has 186 valence electrons. The maximum Gasteiger partial charge on any atom is 0.417 e. The molecular formula is C36H28N2O+2. The van der Waals surface area contributed by atoms with Crippen LogP contribution in [-0.2, 0) is 12.1 Å². The zero-order chi connectivity index (χ0) is 26.0. The number of aromatic nitrogens is 2. The van der Waals surface area contributed by atoms with Crippen LogP contribution in [0, 0.1) is 6.92 Å². The summed E-state index contributed by atoms with van der Waals surface area (Å²) in [7, 11) is 0. The minimum atomic E-state index is -0.521. The number of rotatable bonds is 1. The van der Waals surface area contributed by atoms with Crippen molar-refractivity contribution >= 4 is 28.0 Å². The number of furan rings is 1. The standard InChI is InChI=1S/C36H28N2O/c1-21(2)28-19-32-33-30(17-16-26-25-15-14-23-9-8-11-24(23)34(25)39-35(26)33)36(38(32)20-22(28)3)29-12-5-4-10-27(29)31-13-6-7-18-37(31)36/h4-8,10-21H,9H2,1-3H3/q+2. The van der Waals surface area contributed by atoms with E-state index in [0.29, 0.717) is 5.92 Å². The SMILES string of the molecule is Cc1c[n+]2c(cc1C(C)C)-c1c(ccc3c1oc1c4c(ccc13)CC=C4)C21c2ccccc2-c2cccc[n+]21. The van der Waals surface area contributed by atoms with E-state index in [1.54, 1.807) is 0 Å². The van der Waals surface area contributed by atoms with Crippen LogP contribution < -0.4 is 9.13 Å². The lowest BCUT2D eigenvalue weighted by atomic mass is 9.89. The van der Waals surface area contributed by atoms with Gasteiger partial charge in [0.15, 0.2) is 12.4 Å². The van der Waals surface area contributed by atoms with E-state index in [0.717, 1.165) is 17.6 Å². The third kappa shape index (κ3) is 2.41. The number of pyridine rings is 2. The zero-order valence-corrected chi connectivity index (χ0v) is 22.3. The molecule has 3 aromatic heterocycles. The summed E-state index contributed by atoms with van der Waals surface area (Å²) in [6, 6.07) is 27.0. The summed E-state index contributed by atoms with van der Waals surface area (Å²) < 4.78 is 11.9. The molecule has 0 bridgehead atoms. The van der Waals surface area contributed by atoms with Crippen LogP contribution in [-0.4, -0.2) is 0 Å². The summed E-state index contributed by atoms with van der Waals surface area (Å²) in [5, 5.41) is 2.38. The second-order valence-electron chi connectivity index (χ2n) is 11.6. The highest BCUT2D eigenvalue weighted by atomic mass is 16.3. The monoisotopic (exact) mass is 504 g/mol. The van der Waals surface area contributed by atoms with Crippen molar-refractivity contribution in [1.29, 1.82) is 0 Å². The summed E-state index contributed by atoms with van der Waals surface area (Å²) in [6.45, 7) is 6.83. The lowest BCUT2D eigenvalue weighted by Gasteiger charge is -2.18. The molecule has 0 amide bonds. The van der Waals surface area contributed by atoms with E-state index in [1.807, 2.05) is 0 Å². The molecule has 6 aromatic rings. The Morgan fingerprint density at radius 2 is 1.64 bits per heavy atom. The predicted molar refractivity (Wildman–Crippen MR) is 155 cm³/mol. The van der Waals surface area contributed by atoms with Crippen molar-refractivity contribution in [3.63, 3.8) is 0 Å². The molecule has 3 aliphatic rings. The van der Waals surface area contributed by atoms with Gasteiger partial charge in [-0.3, -0.25) is 0 Å².